The molecule has 0 saturated carbocycles. The fraction of sp³-hybridized carbons (Fsp3) is 0.700. The number of ether oxygens (including phenoxy) is 3. The van der Waals surface area contributed by atoms with E-state index in [1.54, 1.807) is 0 Å². The van der Waals surface area contributed by atoms with Crippen LogP contribution in [0.25, 0.3) is 0 Å². The van der Waals surface area contributed by atoms with Crippen LogP contribution in [0.5, 0.6) is 0 Å². The van der Waals surface area contributed by atoms with Gasteiger partial charge in [-0.1, -0.05) is 45.0 Å². The Hall–Kier alpha value is -0.940. The van der Waals surface area contributed by atoms with E-state index in [-0.39, 0.29) is 17.8 Å². The average molecular weight is 333 g/mol. The van der Waals surface area contributed by atoms with Crippen LogP contribution in [0, 0.1) is 0 Å². The van der Waals surface area contributed by atoms with Crippen molar-refractivity contribution in [3.8, 4) is 0 Å². The lowest BCUT2D eigenvalue weighted by molar-refractivity contribution is -0.0693. The first-order valence-electron chi connectivity index (χ1n) is 9.17. The minimum Gasteiger partial charge on any atom is -0.379 e. The first-order chi connectivity index (χ1) is 11.5. The molecule has 2 aliphatic rings. The number of hydrogen-bond acceptors (Lipinski definition) is 4. The van der Waals surface area contributed by atoms with E-state index < -0.39 is 0 Å². The summed E-state index contributed by atoms with van der Waals surface area (Å²) in [4.78, 5) is 2.41. The summed E-state index contributed by atoms with van der Waals surface area (Å²) in [5, 5.41) is 0. The summed E-state index contributed by atoms with van der Waals surface area (Å²) in [6, 6.07) is 8.96. The SMILES string of the molecule is CC(C)(C)c1ccc(CC[C@H]2OC[C@H](CN3CCOCC3)O2)cc1. The number of morpholine rings is 1. The summed E-state index contributed by atoms with van der Waals surface area (Å²) in [6.45, 7) is 12.1. The molecule has 0 bridgehead atoms. The van der Waals surface area contributed by atoms with E-state index in [1.165, 1.54) is 11.1 Å². The number of rotatable bonds is 5. The monoisotopic (exact) mass is 333 g/mol. The average Bonchev–Trinajstić information content (AvgIpc) is 3.01. The van der Waals surface area contributed by atoms with E-state index in [4.69, 9.17) is 14.2 Å². The Balaban J connectivity index is 1.41. The molecule has 0 amide bonds. The maximum absolute atomic E-state index is 6.06. The molecule has 2 saturated heterocycles. The van der Waals surface area contributed by atoms with Gasteiger partial charge in [0.05, 0.1) is 25.9 Å². The summed E-state index contributed by atoms with van der Waals surface area (Å²) < 4.78 is 17.3. The Bertz CT molecular complexity index is 503. The first-order valence-corrected chi connectivity index (χ1v) is 9.17. The van der Waals surface area contributed by atoms with Crippen LogP contribution < -0.4 is 0 Å². The Morgan fingerprint density at radius 1 is 1.08 bits per heavy atom. The third-order valence-electron chi connectivity index (χ3n) is 4.87. The summed E-state index contributed by atoms with van der Waals surface area (Å²) in [6.07, 6.45) is 2.07. The molecule has 4 nitrogen and oxygen atoms in total. The molecule has 0 aromatic heterocycles. The van der Waals surface area contributed by atoms with Gasteiger partial charge >= 0.3 is 0 Å². The molecule has 0 N–H and O–H groups in total. The Labute approximate surface area is 146 Å². The summed E-state index contributed by atoms with van der Waals surface area (Å²) in [7, 11) is 0. The molecular weight excluding hydrogens is 302 g/mol. The molecule has 3 rings (SSSR count). The summed E-state index contributed by atoms with van der Waals surface area (Å²) >= 11 is 0. The smallest absolute Gasteiger partial charge is 0.158 e. The maximum Gasteiger partial charge on any atom is 0.158 e. The largest absolute Gasteiger partial charge is 0.379 e. The van der Waals surface area contributed by atoms with Gasteiger partial charge in [0.25, 0.3) is 0 Å². The first kappa shape index (κ1) is 17.9. The fourth-order valence-electron chi connectivity index (χ4n) is 3.28. The van der Waals surface area contributed by atoms with E-state index in [0.29, 0.717) is 6.61 Å². The molecule has 0 unspecified atom stereocenters. The number of aryl methyl sites for hydroxylation is 1. The highest BCUT2D eigenvalue weighted by Gasteiger charge is 2.28. The van der Waals surface area contributed by atoms with Crippen molar-refractivity contribution < 1.29 is 14.2 Å². The zero-order valence-corrected chi connectivity index (χ0v) is 15.3. The topological polar surface area (TPSA) is 30.9 Å². The number of benzene rings is 1. The van der Waals surface area contributed by atoms with Crippen LogP contribution in [0.4, 0.5) is 0 Å². The van der Waals surface area contributed by atoms with Gasteiger partial charge < -0.3 is 14.2 Å². The highest BCUT2D eigenvalue weighted by Crippen LogP contribution is 2.23. The van der Waals surface area contributed by atoms with Gasteiger partial charge in [0.15, 0.2) is 6.29 Å². The van der Waals surface area contributed by atoms with Crippen molar-refractivity contribution in [1.82, 2.24) is 4.90 Å². The Morgan fingerprint density at radius 3 is 2.46 bits per heavy atom. The molecule has 2 heterocycles. The van der Waals surface area contributed by atoms with Crippen molar-refractivity contribution in [2.45, 2.75) is 51.4 Å². The van der Waals surface area contributed by atoms with Gasteiger partial charge in [-0.05, 0) is 23.0 Å². The zero-order chi connectivity index (χ0) is 17.0. The van der Waals surface area contributed by atoms with Crippen molar-refractivity contribution in [3.63, 3.8) is 0 Å². The maximum atomic E-state index is 6.06. The molecule has 0 radical (unpaired) electrons. The van der Waals surface area contributed by atoms with Crippen LogP contribution in [0.3, 0.4) is 0 Å². The van der Waals surface area contributed by atoms with Crippen molar-refractivity contribution in [1.29, 1.82) is 0 Å². The van der Waals surface area contributed by atoms with Crippen LogP contribution in [0.2, 0.25) is 0 Å². The lowest BCUT2D eigenvalue weighted by atomic mass is 9.86. The van der Waals surface area contributed by atoms with Gasteiger partial charge in [-0.25, -0.2) is 0 Å². The second-order valence-electron chi connectivity index (χ2n) is 7.92. The summed E-state index contributed by atoms with van der Waals surface area (Å²) in [5.74, 6) is 0. The molecule has 24 heavy (non-hydrogen) atoms. The minimum absolute atomic E-state index is 0.0571. The van der Waals surface area contributed by atoms with Gasteiger partial charge in [0.2, 0.25) is 0 Å². The normalized spacial score (nSPS) is 26.0. The molecule has 2 fully saturated rings. The zero-order valence-electron chi connectivity index (χ0n) is 15.3. The van der Waals surface area contributed by atoms with Gasteiger partial charge in [-0.3, -0.25) is 4.90 Å². The van der Waals surface area contributed by atoms with Gasteiger partial charge in [0.1, 0.15) is 0 Å². The van der Waals surface area contributed by atoms with Crippen LogP contribution >= 0.6 is 0 Å². The van der Waals surface area contributed by atoms with Crippen LogP contribution in [-0.4, -0.2) is 56.7 Å². The number of nitrogens with zero attached hydrogens (tertiary/aromatic N) is 1. The lowest BCUT2D eigenvalue weighted by Crippen LogP contribution is -2.41. The van der Waals surface area contributed by atoms with Gasteiger partial charge in [-0.2, -0.15) is 0 Å². The van der Waals surface area contributed by atoms with Crippen molar-refractivity contribution in [2.75, 3.05) is 39.5 Å². The molecule has 0 aliphatic carbocycles. The van der Waals surface area contributed by atoms with Gasteiger partial charge in [0, 0.05) is 26.1 Å². The van der Waals surface area contributed by atoms with Crippen LogP contribution in [0.15, 0.2) is 24.3 Å². The van der Waals surface area contributed by atoms with E-state index in [9.17, 15) is 0 Å². The molecule has 0 spiro atoms. The predicted octanol–water partition coefficient (Wildman–Crippen LogP) is 2.99. The van der Waals surface area contributed by atoms with E-state index >= 15 is 0 Å². The molecule has 2 atom stereocenters. The molecule has 134 valence electrons. The highest BCUT2D eigenvalue weighted by molar-refractivity contribution is 5.27. The van der Waals surface area contributed by atoms with Crippen molar-refractivity contribution >= 4 is 0 Å². The molecule has 2 aliphatic heterocycles. The Morgan fingerprint density at radius 2 is 1.79 bits per heavy atom. The molecular formula is C20H31NO3. The highest BCUT2D eigenvalue weighted by atomic mass is 16.7. The molecule has 1 aromatic carbocycles. The second-order valence-corrected chi connectivity index (χ2v) is 7.92. The van der Waals surface area contributed by atoms with E-state index in [0.717, 1.165) is 45.7 Å². The third-order valence-corrected chi connectivity index (χ3v) is 4.87. The fourth-order valence-corrected chi connectivity index (χ4v) is 3.28. The summed E-state index contributed by atoms with van der Waals surface area (Å²) in [5.41, 5.74) is 2.94. The van der Waals surface area contributed by atoms with Crippen molar-refractivity contribution in [3.05, 3.63) is 35.4 Å². The van der Waals surface area contributed by atoms with Crippen molar-refractivity contribution in [2.24, 2.45) is 0 Å². The minimum atomic E-state index is -0.0571. The second kappa shape index (κ2) is 7.96. The predicted molar refractivity (Wildman–Crippen MR) is 95.3 cm³/mol. The molecule has 4 heteroatoms. The van der Waals surface area contributed by atoms with Crippen LogP contribution in [0.1, 0.15) is 38.3 Å². The van der Waals surface area contributed by atoms with E-state index in [2.05, 4.69) is 49.9 Å². The molecule has 1 aromatic rings. The third kappa shape index (κ3) is 5.03. The van der Waals surface area contributed by atoms with Crippen LogP contribution in [-0.2, 0) is 26.0 Å². The number of hydrogen-bond donors (Lipinski definition) is 0. The Kier molecular flexibility index (Phi) is 5.93. The van der Waals surface area contributed by atoms with E-state index in [1.807, 2.05) is 0 Å². The lowest BCUT2D eigenvalue weighted by Gasteiger charge is -2.28. The van der Waals surface area contributed by atoms with Gasteiger partial charge in [-0.15, -0.1) is 0 Å². The quantitative estimate of drug-likeness (QED) is 0.829. The standard InChI is InChI=1S/C20H31NO3/c1-20(2,3)17-7-4-16(5-8-17)6-9-19-23-15-18(24-19)14-21-10-12-22-13-11-21/h4-5,7-8,18-19H,6,9-15H2,1-3H3/t18-,19-/m0/s1.